The molecule has 68 heavy (non-hydrogen) atoms. The van der Waals surface area contributed by atoms with E-state index in [1.54, 1.807) is 0 Å². The van der Waals surface area contributed by atoms with Gasteiger partial charge in [0.15, 0.2) is 93.1 Å². The van der Waals surface area contributed by atoms with Gasteiger partial charge in [0, 0.05) is 44.7 Å². The molecule has 9 rings (SSSR count). The molecule has 4 aromatic carbocycles. The summed E-state index contributed by atoms with van der Waals surface area (Å²) in [5.74, 6) is -51.9. The summed E-state index contributed by atoms with van der Waals surface area (Å²) < 4.78 is 303. The van der Waals surface area contributed by atoms with Crippen LogP contribution in [0.5, 0.6) is 0 Å². The predicted molar refractivity (Wildman–Crippen MR) is 197 cm³/mol. The van der Waals surface area contributed by atoms with Crippen molar-refractivity contribution in [1.82, 2.24) is 19.9 Å². The number of rotatable bonds is 4. The Morgan fingerprint density at radius 2 is 0.544 bits per heavy atom. The van der Waals surface area contributed by atoms with E-state index in [1.807, 2.05) is 0 Å². The lowest BCUT2D eigenvalue weighted by Crippen LogP contribution is -2.07. The van der Waals surface area contributed by atoms with Gasteiger partial charge in [-0.3, -0.25) is 4.98 Å². The van der Waals surface area contributed by atoms with Crippen molar-refractivity contribution in [3.8, 4) is 44.5 Å². The van der Waals surface area contributed by atoms with Gasteiger partial charge in [-0.2, -0.15) is 0 Å². The van der Waals surface area contributed by atoms with E-state index in [1.165, 1.54) is 0 Å². The van der Waals surface area contributed by atoms with Crippen molar-refractivity contribution < 1.29 is 87.8 Å². The molecule has 2 aromatic heterocycles. The van der Waals surface area contributed by atoms with Gasteiger partial charge in [0.1, 0.15) is 0 Å². The van der Waals surface area contributed by atoms with Crippen molar-refractivity contribution in [3.05, 3.63) is 163 Å². The molecule has 0 unspecified atom stereocenters. The highest BCUT2D eigenvalue weighted by Crippen LogP contribution is 2.45. The summed E-state index contributed by atoms with van der Waals surface area (Å²) in [5, 5.41) is 0. The van der Waals surface area contributed by atoms with Crippen LogP contribution in [-0.4, -0.2) is 19.9 Å². The van der Waals surface area contributed by atoms with Crippen LogP contribution in [0.3, 0.4) is 0 Å². The van der Waals surface area contributed by atoms with Gasteiger partial charge < -0.3 is 9.97 Å². The molecule has 24 heteroatoms. The number of hydrogen-bond donors (Lipinski definition) is 2. The summed E-state index contributed by atoms with van der Waals surface area (Å²) >= 11 is 0. The highest BCUT2D eigenvalue weighted by Gasteiger charge is 2.37. The third kappa shape index (κ3) is 6.53. The molecule has 0 saturated carbocycles. The zero-order chi connectivity index (χ0) is 49.3. The zero-order valence-electron chi connectivity index (χ0n) is 32.6. The van der Waals surface area contributed by atoms with Crippen LogP contribution in [0.4, 0.5) is 87.8 Å². The maximum Gasteiger partial charge on any atom is 0.200 e. The minimum atomic E-state index is -2.70. The lowest BCUT2D eigenvalue weighted by atomic mass is 9.96. The minimum absolute atomic E-state index is 0.635. The fourth-order valence-corrected chi connectivity index (χ4v) is 8.17. The number of H-pyrrole nitrogens is 2. The van der Waals surface area contributed by atoms with Crippen LogP contribution in [0.1, 0.15) is 34.2 Å². The molecule has 0 spiro atoms. The van der Waals surface area contributed by atoms with Gasteiger partial charge in [-0.05, 0) is 50.0 Å². The second-order valence-electron chi connectivity index (χ2n) is 14.9. The van der Waals surface area contributed by atoms with Gasteiger partial charge in [-0.25, -0.2) is 92.8 Å². The number of aromatic nitrogens is 4. The maximum atomic E-state index is 15.8. The number of benzene rings is 4. The van der Waals surface area contributed by atoms with Crippen molar-refractivity contribution in [2.75, 3.05) is 0 Å². The first-order valence-electron chi connectivity index (χ1n) is 18.9. The van der Waals surface area contributed by atoms with Crippen molar-refractivity contribution in [2.45, 2.75) is 25.7 Å². The molecule has 3 aliphatic rings. The second-order valence-corrected chi connectivity index (χ2v) is 14.9. The molecular formula is C44H14F20N4. The maximum absolute atomic E-state index is 15.8. The van der Waals surface area contributed by atoms with Crippen LogP contribution in [0.2, 0.25) is 0 Å². The van der Waals surface area contributed by atoms with Crippen LogP contribution in [-0.2, 0) is 25.7 Å². The number of nitrogens with zero attached hydrogens (tertiary/aromatic N) is 2. The molecule has 3 aliphatic heterocycles. The van der Waals surface area contributed by atoms with Crippen LogP contribution in [0.25, 0.3) is 67.7 Å². The smallest absolute Gasteiger partial charge is 0.200 e. The molecule has 350 valence electrons. The summed E-state index contributed by atoms with van der Waals surface area (Å²) in [6, 6.07) is 1.34. The van der Waals surface area contributed by atoms with Gasteiger partial charge in [0.05, 0.1) is 45.0 Å². The SMILES string of the molecule is Fc1c(F)c(F)c(-c2c3nc(c(-c4c(F)c(F)c(F)c(F)c4F)c4ccc([nH]4)c(-c4c(F)c(F)c(F)c(F)c4F)c4nc(c(-c5c(F)c(F)c(F)c(F)c5F)c5[nH]c2CC5)CC4)C=C3)c(F)c1F. The molecule has 4 nitrogen and oxygen atoms in total. The van der Waals surface area contributed by atoms with Gasteiger partial charge in [0.25, 0.3) is 0 Å². The zero-order valence-corrected chi connectivity index (χ0v) is 32.6. The Balaban J connectivity index is 1.58. The summed E-state index contributed by atoms with van der Waals surface area (Å²) in [6.07, 6.45) is -1.85. The molecule has 6 aromatic rings. The van der Waals surface area contributed by atoms with E-state index < -0.39 is 232 Å². The molecule has 0 fully saturated rings. The van der Waals surface area contributed by atoms with E-state index in [-0.39, 0.29) is 0 Å². The van der Waals surface area contributed by atoms with E-state index in [2.05, 4.69) is 19.9 Å². The highest BCUT2D eigenvalue weighted by atomic mass is 19.2. The van der Waals surface area contributed by atoms with Crippen molar-refractivity contribution >= 4 is 23.2 Å². The molecule has 8 bridgehead atoms. The Morgan fingerprint density at radius 1 is 0.265 bits per heavy atom. The molecule has 2 N–H and O–H groups in total. The lowest BCUT2D eigenvalue weighted by molar-refractivity contribution is 0.381. The first-order chi connectivity index (χ1) is 32.1. The molecule has 0 aliphatic carbocycles. The van der Waals surface area contributed by atoms with Crippen LogP contribution >= 0.6 is 0 Å². The van der Waals surface area contributed by atoms with Crippen LogP contribution in [0, 0.1) is 116 Å². The number of hydrogen-bond acceptors (Lipinski definition) is 2. The monoisotopic (exact) mass is 978 g/mol. The molecule has 0 atom stereocenters. The average Bonchev–Trinajstić information content (AvgIpc) is 4.18. The fourth-order valence-electron chi connectivity index (χ4n) is 8.17. The lowest BCUT2D eigenvalue weighted by Gasteiger charge is -2.12. The Labute approximate surface area is 363 Å². The van der Waals surface area contributed by atoms with Crippen LogP contribution in [0.15, 0.2) is 12.1 Å². The number of nitrogens with one attached hydrogen (secondary N) is 2. The minimum Gasteiger partial charge on any atom is -0.361 e. The van der Waals surface area contributed by atoms with Crippen molar-refractivity contribution in [2.24, 2.45) is 0 Å². The largest absolute Gasteiger partial charge is 0.361 e. The van der Waals surface area contributed by atoms with E-state index in [4.69, 9.17) is 0 Å². The summed E-state index contributed by atoms with van der Waals surface area (Å²) in [7, 11) is 0. The normalized spacial score (nSPS) is 13.0. The van der Waals surface area contributed by atoms with E-state index in [9.17, 15) is 52.7 Å². The number of aryl methyl sites for hydroxylation is 4. The predicted octanol–water partition coefficient (Wildman–Crippen LogP) is 13.2. The van der Waals surface area contributed by atoms with Crippen molar-refractivity contribution in [3.63, 3.8) is 0 Å². The third-order valence-corrected chi connectivity index (χ3v) is 11.2. The average molecular weight is 979 g/mol. The first-order valence-corrected chi connectivity index (χ1v) is 18.9. The van der Waals surface area contributed by atoms with E-state index in [0.717, 1.165) is 0 Å². The van der Waals surface area contributed by atoms with Gasteiger partial charge in [-0.1, -0.05) is 0 Å². The second kappa shape index (κ2) is 16.1. The Hall–Kier alpha value is -7.40. The molecule has 0 saturated heterocycles. The van der Waals surface area contributed by atoms with Crippen LogP contribution < -0.4 is 0 Å². The summed E-state index contributed by atoms with van der Waals surface area (Å²) in [6.45, 7) is 0. The molecular weight excluding hydrogens is 964 g/mol. The summed E-state index contributed by atoms with van der Waals surface area (Å²) in [5.41, 5.74) is -18.7. The number of aromatic amines is 2. The van der Waals surface area contributed by atoms with Gasteiger partial charge >= 0.3 is 0 Å². The summed E-state index contributed by atoms with van der Waals surface area (Å²) in [4.78, 5) is 12.7. The van der Waals surface area contributed by atoms with Gasteiger partial charge in [-0.15, -0.1) is 0 Å². The highest BCUT2D eigenvalue weighted by molar-refractivity contribution is 5.95. The number of halogens is 20. The quantitative estimate of drug-likeness (QED) is 0.105. The molecule has 0 amide bonds. The first kappa shape index (κ1) is 45.7. The Kier molecular flexibility index (Phi) is 10.9. The standard InChI is InChI=1S/C44H14F20N4/c45-25-21(26(46)34(54)41(61)33(25)53)17-9-1-2-10(65-9)18(22-27(47)35(55)42(62)36(56)28(22)48)12-5-6-14(67-12)20(24-31(51)39(59)44(64)40(60)32(24)52)16-8-7-15(68-16)19(13-4-3-11(17)66-13)23-29(49)37(57)43(63)38(58)30(23)50/h1-4,65,68H,5-8H2. The topological polar surface area (TPSA) is 57.4 Å². The Bertz CT molecular complexity index is 3420. The fraction of sp³-hybridized carbons (Fsp3) is 0.0909. The van der Waals surface area contributed by atoms with Gasteiger partial charge in [0.2, 0.25) is 23.3 Å². The van der Waals surface area contributed by atoms with E-state index >= 15 is 35.1 Å². The van der Waals surface area contributed by atoms with E-state index in [0.29, 0.717) is 24.3 Å². The Morgan fingerprint density at radius 3 is 0.941 bits per heavy atom. The molecule has 5 heterocycles. The third-order valence-electron chi connectivity index (χ3n) is 11.2. The molecule has 0 radical (unpaired) electrons. The number of fused-ring (bicyclic) bond motifs is 8. The van der Waals surface area contributed by atoms with Crippen molar-refractivity contribution in [1.29, 1.82) is 0 Å².